The summed E-state index contributed by atoms with van der Waals surface area (Å²) in [6.07, 6.45) is 3.47. The van der Waals surface area contributed by atoms with Crippen molar-refractivity contribution >= 4 is 29.0 Å². The number of benzene rings is 1. The fourth-order valence-corrected chi connectivity index (χ4v) is 4.73. The number of nitriles is 1. The van der Waals surface area contributed by atoms with E-state index in [1.807, 2.05) is 24.3 Å². The molecule has 0 bridgehead atoms. The molecule has 118 valence electrons. The van der Waals surface area contributed by atoms with E-state index in [9.17, 15) is 4.79 Å². The fourth-order valence-electron chi connectivity index (χ4n) is 2.70. The number of nitrogens with zero attached hydrogens (tertiary/aromatic N) is 1. The van der Waals surface area contributed by atoms with Gasteiger partial charge in [0.05, 0.1) is 16.5 Å². The number of aryl methyl sites for hydroxylation is 2. The topological polar surface area (TPSA) is 52.9 Å². The van der Waals surface area contributed by atoms with E-state index < -0.39 is 0 Å². The highest BCUT2D eigenvalue weighted by molar-refractivity contribution is 7.98. The Morgan fingerprint density at radius 2 is 2.22 bits per heavy atom. The predicted octanol–water partition coefficient (Wildman–Crippen LogP) is 3.77. The van der Waals surface area contributed by atoms with Crippen molar-refractivity contribution in [2.45, 2.75) is 25.0 Å². The van der Waals surface area contributed by atoms with Gasteiger partial charge in [0.25, 0.3) is 5.91 Å². The molecule has 1 aliphatic rings. The molecule has 1 aromatic heterocycles. The summed E-state index contributed by atoms with van der Waals surface area (Å²) >= 11 is 3.38. The van der Waals surface area contributed by atoms with Crippen molar-refractivity contribution in [3.63, 3.8) is 0 Å². The Labute approximate surface area is 144 Å². The average Bonchev–Trinajstić information content (AvgIpc) is 3.16. The molecule has 0 unspecified atom stereocenters. The van der Waals surface area contributed by atoms with E-state index in [-0.39, 0.29) is 5.91 Å². The van der Waals surface area contributed by atoms with E-state index in [1.165, 1.54) is 16.9 Å². The Bertz CT molecular complexity index is 724. The smallest absolute Gasteiger partial charge is 0.261 e. The molecule has 0 fully saturated rings. The number of carbonyl (C=O) groups excluding carboxylic acids is 1. The molecule has 1 aromatic carbocycles. The summed E-state index contributed by atoms with van der Waals surface area (Å²) in [5.74, 6) is 1.69. The Morgan fingerprint density at radius 3 is 3.04 bits per heavy atom. The summed E-state index contributed by atoms with van der Waals surface area (Å²) in [6, 6.07) is 11.9. The Balaban J connectivity index is 1.41. The number of thioether (sulfide) groups is 1. The quantitative estimate of drug-likeness (QED) is 0.813. The van der Waals surface area contributed by atoms with Crippen LogP contribution in [0.5, 0.6) is 0 Å². The first-order valence-electron chi connectivity index (χ1n) is 7.73. The van der Waals surface area contributed by atoms with E-state index in [2.05, 4.69) is 17.5 Å². The first kappa shape index (κ1) is 16.1. The van der Waals surface area contributed by atoms with Crippen LogP contribution in [-0.4, -0.2) is 18.2 Å². The second-order valence-electron chi connectivity index (χ2n) is 5.49. The minimum absolute atomic E-state index is 0.0439. The number of nitrogens with one attached hydrogen (secondary N) is 1. The van der Waals surface area contributed by atoms with Crippen LogP contribution in [0.4, 0.5) is 0 Å². The lowest BCUT2D eigenvalue weighted by molar-refractivity contribution is 0.0960. The highest BCUT2D eigenvalue weighted by Crippen LogP contribution is 2.30. The van der Waals surface area contributed by atoms with Gasteiger partial charge < -0.3 is 5.32 Å². The van der Waals surface area contributed by atoms with Crippen LogP contribution in [0, 0.1) is 11.3 Å². The lowest BCUT2D eigenvalue weighted by Crippen LogP contribution is -2.24. The number of carbonyl (C=O) groups is 1. The molecule has 1 amide bonds. The van der Waals surface area contributed by atoms with E-state index in [4.69, 9.17) is 5.26 Å². The highest BCUT2D eigenvalue weighted by atomic mass is 32.2. The zero-order valence-electron chi connectivity index (χ0n) is 12.8. The highest BCUT2D eigenvalue weighted by Gasteiger charge is 2.18. The zero-order valence-corrected chi connectivity index (χ0v) is 14.4. The normalized spacial score (nSPS) is 12.7. The van der Waals surface area contributed by atoms with Crippen molar-refractivity contribution in [1.82, 2.24) is 5.32 Å². The molecule has 2 aromatic rings. The molecule has 0 atom stereocenters. The fraction of sp³-hybridized carbons (Fsp3) is 0.333. The van der Waals surface area contributed by atoms with Crippen molar-refractivity contribution in [2.75, 3.05) is 12.3 Å². The van der Waals surface area contributed by atoms with Crippen LogP contribution >= 0.6 is 23.1 Å². The first-order chi connectivity index (χ1) is 11.3. The van der Waals surface area contributed by atoms with Crippen LogP contribution < -0.4 is 5.32 Å². The molecule has 0 aliphatic heterocycles. The number of hydrogen-bond acceptors (Lipinski definition) is 4. The van der Waals surface area contributed by atoms with E-state index >= 15 is 0 Å². The number of thiophene rings is 1. The summed E-state index contributed by atoms with van der Waals surface area (Å²) in [7, 11) is 0. The van der Waals surface area contributed by atoms with E-state index in [0.717, 1.165) is 40.4 Å². The second kappa shape index (κ2) is 7.67. The first-order valence-corrected chi connectivity index (χ1v) is 9.70. The van der Waals surface area contributed by atoms with Crippen LogP contribution in [0.1, 0.15) is 37.7 Å². The lowest BCUT2D eigenvalue weighted by Gasteiger charge is -2.05. The predicted molar refractivity (Wildman–Crippen MR) is 96.0 cm³/mol. The maximum Gasteiger partial charge on any atom is 0.261 e. The van der Waals surface area contributed by atoms with Gasteiger partial charge in [-0.2, -0.15) is 17.0 Å². The standard InChI is InChI=1S/C18H18N2OS2/c19-11-14-4-1-2-5-15(14)12-22-9-8-20-18(21)17-10-13-6-3-7-16(13)23-17/h1-2,4-5,10H,3,6-9,12H2,(H,20,21). The van der Waals surface area contributed by atoms with Crippen LogP contribution in [0.3, 0.4) is 0 Å². The molecule has 0 radical (unpaired) electrons. The maximum absolute atomic E-state index is 12.1. The van der Waals surface area contributed by atoms with Gasteiger partial charge in [-0.05, 0) is 42.5 Å². The molecule has 1 aliphatic carbocycles. The number of rotatable bonds is 6. The van der Waals surface area contributed by atoms with Gasteiger partial charge in [-0.1, -0.05) is 18.2 Å². The van der Waals surface area contributed by atoms with Crippen molar-refractivity contribution in [3.05, 3.63) is 56.8 Å². The molecule has 3 nitrogen and oxygen atoms in total. The van der Waals surface area contributed by atoms with Crippen molar-refractivity contribution in [3.8, 4) is 6.07 Å². The molecule has 1 heterocycles. The minimum Gasteiger partial charge on any atom is -0.351 e. The Morgan fingerprint density at radius 1 is 1.35 bits per heavy atom. The average molecular weight is 342 g/mol. The number of amides is 1. The summed E-state index contributed by atoms with van der Waals surface area (Å²) in [4.78, 5) is 14.4. The third kappa shape index (κ3) is 3.95. The van der Waals surface area contributed by atoms with Crippen molar-refractivity contribution < 1.29 is 4.79 Å². The SMILES string of the molecule is N#Cc1ccccc1CSCCNC(=O)c1cc2c(s1)CCC2. The van der Waals surface area contributed by atoms with Gasteiger partial charge >= 0.3 is 0 Å². The monoisotopic (exact) mass is 342 g/mol. The van der Waals surface area contributed by atoms with Gasteiger partial charge in [-0.15, -0.1) is 11.3 Å². The third-order valence-electron chi connectivity index (χ3n) is 3.90. The summed E-state index contributed by atoms with van der Waals surface area (Å²) in [6.45, 7) is 0.654. The molecule has 1 N–H and O–H groups in total. The molecular weight excluding hydrogens is 324 g/mol. The summed E-state index contributed by atoms with van der Waals surface area (Å²) < 4.78 is 0. The van der Waals surface area contributed by atoms with E-state index in [0.29, 0.717) is 6.54 Å². The summed E-state index contributed by atoms with van der Waals surface area (Å²) in [5.41, 5.74) is 3.15. The lowest BCUT2D eigenvalue weighted by atomic mass is 10.1. The van der Waals surface area contributed by atoms with Gasteiger partial charge in [-0.3, -0.25) is 4.79 Å². The van der Waals surface area contributed by atoms with Gasteiger partial charge in [0, 0.05) is 22.9 Å². The minimum atomic E-state index is 0.0439. The Hall–Kier alpha value is -1.77. The maximum atomic E-state index is 12.1. The van der Waals surface area contributed by atoms with Gasteiger partial charge in [-0.25, -0.2) is 0 Å². The molecule has 0 spiro atoms. The molecule has 23 heavy (non-hydrogen) atoms. The molecule has 0 saturated heterocycles. The van der Waals surface area contributed by atoms with Gasteiger partial charge in [0.1, 0.15) is 0 Å². The second-order valence-corrected chi connectivity index (χ2v) is 7.73. The van der Waals surface area contributed by atoms with Gasteiger partial charge in [0.2, 0.25) is 0 Å². The zero-order chi connectivity index (χ0) is 16.1. The molecule has 0 saturated carbocycles. The van der Waals surface area contributed by atoms with Gasteiger partial charge in [0.15, 0.2) is 0 Å². The van der Waals surface area contributed by atoms with Crippen molar-refractivity contribution in [2.24, 2.45) is 0 Å². The van der Waals surface area contributed by atoms with Crippen molar-refractivity contribution in [1.29, 1.82) is 5.26 Å². The van der Waals surface area contributed by atoms with Crippen LogP contribution in [0.2, 0.25) is 0 Å². The van der Waals surface area contributed by atoms with Crippen LogP contribution in [-0.2, 0) is 18.6 Å². The van der Waals surface area contributed by atoms with E-state index in [1.54, 1.807) is 23.1 Å². The molecule has 5 heteroatoms. The summed E-state index contributed by atoms with van der Waals surface area (Å²) in [5, 5.41) is 12.0. The Kier molecular flexibility index (Phi) is 5.37. The van der Waals surface area contributed by atoms with Crippen LogP contribution in [0.15, 0.2) is 30.3 Å². The number of fused-ring (bicyclic) bond motifs is 1. The molecular formula is C18H18N2OS2. The molecule has 3 rings (SSSR count). The van der Waals surface area contributed by atoms with Crippen LogP contribution in [0.25, 0.3) is 0 Å². The number of hydrogen-bond donors (Lipinski definition) is 1. The third-order valence-corrected chi connectivity index (χ3v) is 6.14. The largest absolute Gasteiger partial charge is 0.351 e.